The maximum Gasteiger partial charge on any atom is 0.140 e. The Balaban J connectivity index is 1.91. The predicted octanol–water partition coefficient (Wildman–Crippen LogP) is 3.42. The molecule has 0 bridgehead atoms. The Morgan fingerprint density at radius 1 is 1.17 bits per heavy atom. The van der Waals surface area contributed by atoms with Gasteiger partial charge in [0.25, 0.3) is 0 Å². The first-order chi connectivity index (χ1) is 11.6. The third-order valence-electron chi connectivity index (χ3n) is 3.89. The largest absolute Gasteiger partial charge is 0.383 e. The highest BCUT2D eigenvalue weighted by molar-refractivity contribution is 5.53. The van der Waals surface area contributed by atoms with Crippen molar-refractivity contribution in [3.05, 3.63) is 82.3 Å². The van der Waals surface area contributed by atoms with Crippen molar-refractivity contribution < 1.29 is 4.39 Å². The number of hydrogen-bond acceptors (Lipinski definition) is 3. The van der Waals surface area contributed by atoms with Crippen LogP contribution in [0.3, 0.4) is 0 Å². The van der Waals surface area contributed by atoms with Crippen molar-refractivity contribution in [1.82, 2.24) is 9.78 Å². The van der Waals surface area contributed by atoms with Crippen LogP contribution in [-0.2, 0) is 13.0 Å². The summed E-state index contributed by atoms with van der Waals surface area (Å²) in [5.74, 6) is 0.0301. The van der Waals surface area contributed by atoms with E-state index in [9.17, 15) is 9.65 Å². The lowest BCUT2D eigenvalue weighted by Crippen LogP contribution is -2.06. The van der Waals surface area contributed by atoms with Crippen molar-refractivity contribution >= 4 is 5.82 Å². The van der Waals surface area contributed by atoms with Crippen LogP contribution in [0, 0.1) is 24.1 Å². The molecule has 3 rings (SSSR count). The van der Waals surface area contributed by atoms with Crippen molar-refractivity contribution in [1.29, 1.82) is 5.26 Å². The van der Waals surface area contributed by atoms with Gasteiger partial charge in [-0.15, -0.1) is 0 Å². The molecule has 0 atom stereocenters. The van der Waals surface area contributed by atoms with E-state index in [2.05, 4.69) is 11.2 Å². The van der Waals surface area contributed by atoms with Crippen LogP contribution in [0.4, 0.5) is 10.2 Å². The van der Waals surface area contributed by atoms with Gasteiger partial charge < -0.3 is 5.73 Å². The molecule has 0 radical (unpaired) electrons. The minimum absolute atomic E-state index is 0.307. The maximum absolute atomic E-state index is 13.3. The number of nitrogen functional groups attached to an aromatic ring is 1. The molecule has 0 amide bonds. The molecule has 0 saturated heterocycles. The molecule has 120 valence electrons. The Labute approximate surface area is 140 Å². The zero-order chi connectivity index (χ0) is 17.1. The van der Waals surface area contributed by atoms with E-state index in [-0.39, 0.29) is 5.82 Å². The highest BCUT2D eigenvalue weighted by atomic mass is 19.1. The van der Waals surface area contributed by atoms with Gasteiger partial charge in [0, 0.05) is 6.42 Å². The van der Waals surface area contributed by atoms with Crippen molar-refractivity contribution in [3.63, 3.8) is 0 Å². The molecule has 1 heterocycles. The zero-order valence-corrected chi connectivity index (χ0v) is 13.3. The lowest BCUT2D eigenvalue weighted by Gasteiger charge is -2.04. The zero-order valence-electron chi connectivity index (χ0n) is 13.3. The molecule has 0 fully saturated rings. The summed E-state index contributed by atoms with van der Waals surface area (Å²) in [5.41, 5.74) is 9.98. The SMILES string of the molecule is Cc1ccc(Cn2nc(Cc3cccc(F)c3)c(C#N)c2N)cc1. The first kappa shape index (κ1) is 15.8. The molecule has 0 aliphatic carbocycles. The van der Waals surface area contributed by atoms with Crippen LogP contribution in [0.25, 0.3) is 0 Å². The van der Waals surface area contributed by atoms with Crippen molar-refractivity contribution in [3.8, 4) is 6.07 Å². The van der Waals surface area contributed by atoms with Gasteiger partial charge in [-0.2, -0.15) is 10.4 Å². The lowest BCUT2D eigenvalue weighted by molar-refractivity contribution is 0.625. The van der Waals surface area contributed by atoms with Crippen LogP contribution < -0.4 is 5.73 Å². The number of aryl methyl sites for hydroxylation is 1. The summed E-state index contributed by atoms with van der Waals surface area (Å²) >= 11 is 0. The molecule has 24 heavy (non-hydrogen) atoms. The molecule has 0 saturated carbocycles. The molecular formula is C19H17FN4. The van der Waals surface area contributed by atoms with E-state index < -0.39 is 0 Å². The number of aromatic nitrogens is 2. The van der Waals surface area contributed by atoms with Crippen molar-refractivity contribution in [2.24, 2.45) is 0 Å². The number of halogens is 1. The first-order valence-electron chi connectivity index (χ1n) is 7.62. The van der Waals surface area contributed by atoms with E-state index in [1.54, 1.807) is 16.8 Å². The summed E-state index contributed by atoms with van der Waals surface area (Å²) in [7, 11) is 0. The number of nitriles is 1. The Bertz CT molecular complexity index is 904. The fraction of sp³-hybridized carbons (Fsp3) is 0.158. The normalized spacial score (nSPS) is 10.5. The van der Waals surface area contributed by atoms with Gasteiger partial charge in [-0.05, 0) is 30.2 Å². The number of benzene rings is 2. The number of nitrogens with zero attached hydrogens (tertiary/aromatic N) is 3. The van der Waals surface area contributed by atoms with Gasteiger partial charge in [-0.1, -0.05) is 42.0 Å². The molecular weight excluding hydrogens is 303 g/mol. The second-order valence-corrected chi connectivity index (χ2v) is 5.77. The second kappa shape index (κ2) is 6.55. The lowest BCUT2D eigenvalue weighted by atomic mass is 10.1. The van der Waals surface area contributed by atoms with Crippen LogP contribution in [0.2, 0.25) is 0 Å². The minimum Gasteiger partial charge on any atom is -0.383 e. The van der Waals surface area contributed by atoms with Crippen molar-refractivity contribution in [2.75, 3.05) is 5.73 Å². The summed E-state index contributed by atoms with van der Waals surface area (Å²) in [5, 5.41) is 13.9. The molecule has 5 heteroatoms. The highest BCUT2D eigenvalue weighted by Crippen LogP contribution is 2.20. The van der Waals surface area contributed by atoms with Crippen LogP contribution in [0.15, 0.2) is 48.5 Å². The predicted molar refractivity (Wildman–Crippen MR) is 90.8 cm³/mol. The van der Waals surface area contributed by atoms with E-state index in [0.717, 1.165) is 11.1 Å². The highest BCUT2D eigenvalue weighted by Gasteiger charge is 2.16. The van der Waals surface area contributed by atoms with Crippen LogP contribution in [0.5, 0.6) is 0 Å². The van der Waals surface area contributed by atoms with E-state index in [1.807, 2.05) is 31.2 Å². The quantitative estimate of drug-likeness (QED) is 0.801. The van der Waals surface area contributed by atoms with Crippen LogP contribution >= 0.6 is 0 Å². The molecule has 0 spiro atoms. The summed E-state index contributed by atoms with van der Waals surface area (Å²) in [6, 6.07) is 16.4. The Kier molecular flexibility index (Phi) is 4.30. The minimum atomic E-state index is -0.307. The van der Waals surface area contributed by atoms with Gasteiger partial charge >= 0.3 is 0 Å². The second-order valence-electron chi connectivity index (χ2n) is 5.77. The number of hydrogen-bond donors (Lipinski definition) is 1. The third kappa shape index (κ3) is 3.28. The molecule has 4 nitrogen and oxygen atoms in total. The van der Waals surface area contributed by atoms with Crippen LogP contribution in [0.1, 0.15) is 27.9 Å². The van der Waals surface area contributed by atoms with E-state index in [0.29, 0.717) is 30.0 Å². The Hall–Kier alpha value is -3.13. The molecule has 2 N–H and O–H groups in total. The van der Waals surface area contributed by atoms with Crippen molar-refractivity contribution in [2.45, 2.75) is 19.9 Å². The van der Waals surface area contributed by atoms with Gasteiger partial charge in [0.05, 0.1) is 12.2 Å². The molecule has 0 aliphatic rings. The van der Waals surface area contributed by atoms with E-state index in [4.69, 9.17) is 5.73 Å². The van der Waals surface area contributed by atoms with Gasteiger partial charge in [-0.25, -0.2) is 9.07 Å². The van der Waals surface area contributed by atoms with Gasteiger partial charge in [0.15, 0.2) is 0 Å². The number of anilines is 1. The molecule has 0 unspecified atom stereocenters. The van der Waals surface area contributed by atoms with Gasteiger partial charge in [0.1, 0.15) is 23.3 Å². The smallest absolute Gasteiger partial charge is 0.140 e. The molecule has 3 aromatic rings. The monoisotopic (exact) mass is 320 g/mol. The maximum atomic E-state index is 13.3. The van der Waals surface area contributed by atoms with E-state index >= 15 is 0 Å². The van der Waals surface area contributed by atoms with E-state index in [1.165, 1.54) is 17.7 Å². The van der Waals surface area contributed by atoms with Gasteiger partial charge in [-0.3, -0.25) is 0 Å². The fourth-order valence-corrected chi connectivity index (χ4v) is 2.60. The molecule has 2 aromatic carbocycles. The summed E-state index contributed by atoms with van der Waals surface area (Å²) in [6.07, 6.45) is 0.367. The standard InChI is InChI=1S/C19H17FN4/c1-13-5-7-14(8-6-13)12-24-19(22)17(11-21)18(23-24)10-15-3-2-4-16(20)9-15/h2-9H,10,12,22H2,1H3. The topological polar surface area (TPSA) is 67.6 Å². The first-order valence-corrected chi connectivity index (χ1v) is 7.62. The summed E-state index contributed by atoms with van der Waals surface area (Å²) < 4.78 is 15.0. The number of nitrogens with two attached hydrogens (primary N) is 1. The Morgan fingerprint density at radius 3 is 2.58 bits per heavy atom. The van der Waals surface area contributed by atoms with Crippen LogP contribution in [-0.4, -0.2) is 9.78 Å². The average molecular weight is 320 g/mol. The summed E-state index contributed by atoms with van der Waals surface area (Å²) in [4.78, 5) is 0. The third-order valence-corrected chi connectivity index (χ3v) is 3.89. The van der Waals surface area contributed by atoms with Gasteiger partial charge in [0.2, 0.25) is 0 Å². The fourth-order valence-electron chi connectivity index (χ4n) is 2.60. The number of rotatable bonds is 4. The Morgan fingerprint density at radius 2 is 1.92 bits per heavy atom. The molecule has 0 aliphatic heterocycles. The average Bonchev–Trinajstić information content (AvgIpc) is 2.84. The molecule has 1 aromatic heterocycles. The summed E-state index contributed by atoms with van der Waals surface area (Å²) in [6.45, 7) is 2.51.